The highest BCUT2D eigenvalue weighted by Gasteiger charge is 2.33. The van der Waals surface area contributed by atoms with Crippen LogP contribution in [0, 0.1) is 0 Å². The standard InChI is InChI=1S/C16H19F2N3O2/c1-2-11-6-7-14(23-11)12-5-3-4-10-20(12)15(22)13-8-9-19-21(13)16(17)18/h6-9,12,16H,2-5,10H2,1H3. The lowest BCUT2D eigenvalue weighted by molar-refractivity contribution is 0.0397. The number of halogens is 2. The van der Waals surface area contributed by atoms with Crippen LogP contribution < -0.4 is 0 Å². The van der Waals surface area contributed by atoms with Gasteiger partial charge in [-0.25, -0.2) is 0 Å². The Morgan fingerprint density at radius 3 is 2.91 bits per heavy atom. The number of aryl methyl sites for hydroxylation is 1. The minimum atomic E-state index is -2.83. The summed E-state index contributed by atoms with van der Waals surface area (Å²) in [5.41, 5.74) is -0.0887. The van der Waals surface area contributed by atoms with E-state index in [-0.39, 0.29) is 11.7 Å². The van der Waals surface area contributed by atoms with E-state index in [0.29, 0.717) is 11.2 Å². The number of alkyl halides is 2. The molecular weight excluding hydrogens is 304 g/mol. The second-order valence-electron chi connectivity index (χ2n) is 5.61. The molecule has 3 heterocycles. The molecule has 1 amide bonds. The first-order chi connectivity index (χ1) is 11.1. The number of rotatable bonds is 4. The molecule has 23 heavy (non-hydrogen) atoms. The quantitative estimate of drug-likeness (QED) is 0.860. The second kappa shape index (κ2) is 6.52. The average Bonchev–Trinajstić information content (AvgIpc) is 3.23. The van der Waals surface area contributed by atoms with Crippen molar-refractivity contribution in [3.8, 4) is 0 Å². The first-order valence-corrected chi connectivity index (χ1v) is 7.83. The summed E-state index contributed by atoms with van der Waals surface area (Å²) in [4.78, 5) is 14.4. The van der Waals surface area contributed by atoms with Crippen LogP contribution in [0.4, 0.5) is 8.78 Å². The second-order valence-corrected chi connectivity index (χ2v) is 5.61. The molecule has 1 atom stereocenters. The van der Waals surface area contributed by atoms with Gasteiger partial charge in [-0.05, 0) is 37.5 Å². The lowest BCUT2D eigenvalue weighted by Crippen LogP contribution is -2.39. The van der Waals surface area contributed by atoms with Crippen molar-refractivity contribution in [1.29, 1.82) is 0 Å². The van der Waals surface area contributed by atoms with Gasteiger partial charge in [-0.2, -0.15) is 18.6 Å². The molecule has 1 aliphatic heterocycles. The van der Waals surface area contributed by atoms with Crippen molar-refractivity contribution in [2.24, 2.45) is 0 Å². The summed E-state index contributed by atoms with van der Waals surface area (Å²) in [5, 5.41) is 3.54. The highest BCUT2D eigenvalue weighted by Crippen LogP contribution is 2.33. The molecule has 1 saturated heterocycles. The molecule has 5 nitrogen and oxygen atoms in total. The largest absolute Gasteiger partial charge is 0.464 e. The van der Waals surface area contributed by atoms with Gasteiger partial charge >= 0.3 is 6.55 Å². The fraction of sp³-hybridized carbons (Fsp3) is 0.500. The molecule has 1 unspecified atom stereocenters. The number of aromatic nitrogens is 2. The van der Waals surface area contributed by atoms with E-state index >= 15 is 0 Å². The van der Waals surface area contributed by atoms with E-state index in [0.717, 1.165) is 37.2 Å². The van der Waals surface area contributed by atoms with Crippen LogP contribution in [0.25, 0.3) is 0 Å². The molecule has 0 aromatic carbocycles. The predicted octanol–water partition coefficient (Wildman–Crippen LogP) is 3.80. The lowest BCUT2D eigenvalue weighted by atomic mass is 9.99. The fourth-order valence-electron chi connectivity index (χ4n) is 3.02. The monoisotopic (exact) mass is 323 g/mol. The number of furan rings is 1. The Morgan fingerprint density at radius 1 is 1.39 bits per heavy atom. The number of hydrogen-bond acceptors (Lipinski definition) is 3. The molecule has 3 rings (SSSR count). The van der Waals surface area contributed by atoms with Crippen LogP contribution in [0.1, 0.15) is 60.8 Å². The van der Waals surface area contributed by atoms with Crippen molar-refractivity contribution in [3.63, 3.8) is 0 Å². The van der Waals surface area contributed by atoms with E-state index in [1.807, 2.05) is 19.1 Å². The smallest absolute Gasteiger partial charge is 0.333 e. The normalized spacial score (nSPS) is 18.6. The van der Waals surface area contributed by atoms with Gasteiger partial charge in [-0.1, -0.05) is 6.92 Å². The summed E-state index contributed by atoms with van der Waals surface area (Å²) < 4.78 is 32.2. The zero-order chi connectivity index (χ0) is 16.4. The molecule has 1 fully saturated rings. The highest BCUT2D eigenvalue weighted by molar-refractivity contribution is 5.92. The van der Waals surface area contributed by atoms with E-state index in [2.05, 4.69) is 5.10 Å². The van der Waals surface area contributed by atoms with Gasteiger partial charge in [0.1, 0.15) is 17.2 Å². The first kappa shape index (κ1) is 15.7. The van der Waals surface area contributed by atoms with Crippen molar-refractivity contribution in [2.45, 2.75) is 45.2 Å². The van der Waals surface area contributed by atoms with Gasteiger partial charge in [0.25, 0.3) is 5.91 Å². The molecular formula is C16H19F2N3O2. The summed E-state index contributed by atoms with van der Waals surface area (Å²) in [6.45, 7) is -0.310. The molecule has 0 radical (unpaired) electrons. The third kappa shape index (κ3) is 3.00. The van der Waals surface area contributed by atoms with Gasteiger partial charge in [0.2, 0.25) is 0 Å². The van der Waals surface area contributed by atoms with Gasteiger partial charge in [-0.15, -0.1) is 0 Å². The molecule has 2 aromatic heterocycles. The van der Waals surface area contributed by atoms with Gasteiger partial charge < -0.3 is 9.32 Å². The first-order valence-electron chi connectivity index (χ1n) is 7.83. The minimum Gasteiger partial charge on any atom is -0.464 e. The van der Waals surface area contributed by atoms with Crippen molar-refractivity contribution >= 4 is 5.91 Å². The minimum absolute atomic E-state index is 0.0887. The zero-order valence-corrected chi connectivity index (χ0v) is 12.9. The van der Waals surface area contributed by atoms with E-state index < -0.39 is 12.5 Å². The number of piperidine rings is 1. The van der Waals surface area contributed by atoms with Crippen LogP contribution >= 0.6 is 0 Å². The van der Waals surface area contributed by atoms with E-state index in [1.165, 1.54) is 12.3 Å². The van der Waals surface area contributed by atoms with Crippen LogP contribution in [0.15, 0.2) is 28.8 Å². The van der Waals surface area contributed by atoms with Crippen molar-refractivity contribution in [1.82, 2.24) is 14.7 Å². The van der Waals surface area contributed by atoms with Gasteiger partial charge in [0.05, 0.1) is 6.04 Å². The third-order valence-corrected chi connectivity index (χ3v) is 4.20. The molecule has 0 saturated carbocycles. The number of likely N-dealkylation sites (tertiary alicyclic amines) is 1. The van der Waals surface area contributed by atoms with E-state index in [4.69, 9.17) is 4.42 Å². The van der Waals surface area contributed by atoms with Gasteiger partial charge in [0, 0.05) is 19.2 Å². The van der Waals surface area contributed by atoms with Crippen molar-refractivity contribution in [3.05, 3.63) is 41.6 Å². The van der Waals surface area contributed by atoms with E-state index in [9.17, 15) is 13.6 Å². The highest BCUT2D eigenvalue weighted by atomic mass is 19.3. The number of nitrogens with zero attached hydrogens (tertiary/aromatic N) is 3. The number of carbonyl (C=O) groups is 1. The summed E-state index contributed by atoms with van der Waals surface area (Å²) >= 11 is 0. The fourth-order valence-corrected chi connectivity index (χ4v) is 3.02. The van der Waals surface area contributed by atoms with Crippen molar-refractivity contribution in [2.75, 3.05) is 6.54 Å². The lowest BCUT2D eigenvalue weighted by Gasteiger charge is -2.34. The van der Waals surface area contributed by atoms with Gasteiger partial charge in [0.15, 0.2) is 0 Å². The summed E-state index contributed by atoms with van der Waals surface area (Å²) in [7, 11) is 0. The molecule has 1 aliphatic rings. The average molecular weight is 323 g/mol. The Bertz CT molecular complexity index is 680. The Hall–Kier alpha value is -2.18. The van der Waals surface area contributed by atoms with Crippen LogP contribution in [0.2, 0.25) is 0 Å². The Kier molecular flexibility index (Phi) is 4.45. The maximum absolute atomic E-state index is 13.0. The number of amides is 1. The molecule has 2 aromatic rings. The number of hydrogen-bond donors (Lipinski definition) is 0. The predicted molar refractivity (Wildman–Crippen MR) is 79.2 cm³/mol. The molecule has 7 heteroatoms. The Morgan fingerprint density at radius 2 is 2.22 bits per heavy atom. The van der Waals surface area contributed by atoms with Crippen molar-refractivity contribution < 1.29 is 18.0 Å². The topological polar surface area (TPSA) is 51.3 Å². The van der Waals surface area contributed by atoms with Gasteiger partial charge in [-0.3, -0.25) is 4.79 Å². The third-order valence-electron chi connectivity index (χ3n) is 4.20. The summed E-state index contributed by atoms with van der Waals surface area (Å²) in [5.74, 6) is 1.15. The maximum atomic E-state index is 13.0. The van der Waals surface area contributed by atoms with Crippen LogP contribution in [-0.2, 0) is 6.42 Å². The molecule has 0 spiro atoms. The Labute approximate surface area is 132 Å². The molecule has 0 N–H and O–H groups in total. The molecule has 0 bridgehead atoms. The maximum Gasteiger partial charge on any atom is 0.333 e. The summed E-state index contributed by atoms with van der Waals surface area (Å²) in [6, 6.07) is 4.90. The Balaban J connectivity index is 1.88. The van der Waals surface area contributed by atoms with E-state index in [1.54, 1.807) is 4.90 Å². The molecule has 124 valence electrons. The number of carbonyl (C=O) groups excluding carboxylic acids is 1. The molecule has 0 aliphatic carbocycles. The van der Waals surface area contributed by atoms with Crippen LogP contribution in [0.5, 0.6) is 0 Å². The summed E-state index contributed by atoms with van der Waals surface area (Å²) in [6.07, 6.45) is 4.60. The zero-order valence-electron chi connectivity index (χ0n) is 12.9. The SMILES string of the molecule is CCc1ccc(C2CCCCN2C(=O)c2ccnn2C(F)F)o1. The van der Waals surface area contributed by atoms with Crippen LogP contribution in [0.3, 0.4) is 0 Å². The van der Waals surface area contributed by atoms with Crippen LogP contribution in [-0.4, -0.2) is 27.1 Å².